The first-order chi connectivity index (χ1) is 9.17. The highest BCUT2D eigenvalue weighted by Gasteiger charge is 2.10. The summed E-state index contributed by atoms with van der Waals surface area (Å²) in [4.78, 5) is 41.1. The van der Waals surface area contributed by atoms with E-state index in [1.807, 2.05) is 0 Å². The molecule has 0 fully saturated rings. The average Bonchev–Trinajstić information content (AvgIpc) is 2.42. The second kappa shape index (κ2) is 10.5. The molecule has 0 aromatic carbocycles. The molecule has 0 aromatic heterocycles. The summed E-state index contributed by atoms with van der Waals surface area (Å²) in [7, 11) is 2.55. The van der Waals surface area contributed by atoms with Crippen molar-refractivity contribution in [1.29, 1.82) is 0 Å². The highest BCUT2D eigenvalue weighted by Crippen LogP contribution is 2.02. The number of carbonyl (C=O) groups is 4. The summed E-state index contributed by atoms with van der Waals surface area (Å²) in [6.07, 6.45) is 0.173. The summed E-state index contributed by atoms with van der Waals surface area (Å²) in [5, 5.41) is 16.6. The second-order valence-corrected chi connectivity index (χ2v) is 3.51. The molecule has 0 unspecified atom stereocenters. The third kappa shape index (κ3) is 9.63. The predicted octanol–water partition coefficient (Wildman–Crippen LogP) is 0.605. The van der Waals surface area contributed by atoms with Gasteiger partial charge in [0.1, 0.15) is 0 Å². The van der Waals surface area contributed by atoms with Gasteiger partial charge in [-0.15, -0.1) is 0 Å². The number of hydrogen-bond acceptors (Lipinski definition) is 6. The highest BCUT2D eigenvalue weighted by molar-refractivity contribution is 5.97. The number of aliphatic carboxylic acids is 2. The van der Waals surface area contributed by atoms with E-state index < -0.39 is 23.9 Å². The van der Waals surface area contributed by atoms with Gasteiger partial charge in [0.15, 0.2) is 0 Å². The minimum atomic E-state index is -1.19. The Morgan fingerprint density at radius 2 is 1.00 bits per heavy atom. The van der Waals surface area contributed by atoms with E-state index in [1.54, 1.807) is 0 Å². The Balaban J connectivity index is 0. The number of esters is 2. The summed E-state index contributed by atoms with van der Waals surface area (Å²) in [5.74, 6) is -3.18. The third-order valence-electron chi connectivity index (χ3n) is 2.19. The summed E-state index contributed by atoms with van der Waals surface area (Å²) in [6, 6.07) is 0. The van der Waals surface area contributed by atoms with Crippen molar-refractivity contribution in [1.82, 2.24) is 0 Å². The lowest BCUT2D eigenvalue weighted by Crippen LogP contribution is -2.06. The first-order valence-corrected chi connectivity index (χ1v) is 5.45. The van der Waals surface area contributed by atoms with Crippen LogP contribution in [0.15, 0.2) is 11.1 Å². The number of carboxylic acids is 2. The van der Waals surface area contributed by atoms with Crippen LogP contribution < -0.4 is 0 Å². The molecule has 0 amide bonds. The number of hydrogen-bond donors (Lipinski definition) is 2. The molecule has 0 aliphatic carbocycles. The lowest BCUT2D eigenvalue weighted by Gasteiger charge is -1.96. The van der Waals surface area contributed by atoms with Crippen LogP contribution in [0.3, 0.4) is 0 Å². The quantitative estimate of drug-likeness (QED) is 0.556. The van der Waals surface area contributed by atoms with Gasteiger partial charge in [-0.3, -0.25) is 9.59 Å². The molecule has 8 heteroatoms. The maximum Gasteiger partial charge on any atom is 0.331 e. The van der Waals surface area contributed by atoms with Crippen LogP contribution in [0, 0.1) is 0 Å². The average molecular weight is 290 g/mol. The monoisotopic (exact) mass is 290 g/mol. The van der Waals surface area contributed by atoms with Gasteiger partial charge in [0.05, 0.1) is 27.1 Å². The topological polar surface area (TPSA) is 127 Å². The van der Waals surface area contributed by atoms with Gasteiger partial charge in [-0.05, 0) is 13.8 Å². The van der Waals surface area contributed by atoms with Crippen LogP contribution in [0.2, 0.25) is 0 Å². The van der Waals surface area contributed by atoms with E-state index in [1.165, 1.54) is 28.1 Å². The van der Waals surface area contributed by atoms with Gasteiger partial charge < -0.3 is 19.7 Å². The van der Waals surface area contributed by atoms with E-state index in [4.69, 9.17) is 10.2 Å². The Kier molecular flexibility index (Phi) is 10.5. The molecule has 0 saturated carbocycles. The molecule has 0 saturated heterocycles. The fraction of sp³-hybridized carbons (Fsp3) is 0.500. The van der Waals surface area contributed by atoms with Crippen LogP contribution in [0.4, 0.5) is 0 Å². The van der Waals surface area contributed by atoms with E-state index in [2.05, 4.69) is 9.47 Å². The molecule has 0 heterocycles. The van der Waals surface area contributed by atoms with Crippen molar-refractivity contribution < 1.29 is 38.9 Å². The van der Waals surface area contributed by atoms with Crippen LogP contribution >= 0.6 is 0 Å². The SMILES string of the molecule is C/C(C(=O)O)=C(/C)C(=O)O.COC(=O)CCC(=O)OC. The van der Waals surface area contributed by atoms with E-state index in [0.717, 1.165) is 0 Å². The van der Waals surface area contributed by atoms with Crippen LogP contribution in [-0.2, 0) is 28.7 Å². The van der Waals surface area contributed by atoms with Crippen molar-refractivity contribution in [2.45, 2.75) is 26.7 Å². The van der Waals surface area contributed by atoms with Crippen molar-refractivity contribution in [3.05, 3.63) is 11.1 Å². The molecule has 8 nitrogen and oxygen atoms in total. The molecular formula is C12H18O8. The van der Waals surface area contributed by atoms with Crippen LogP contribution in [0.25, 0.3) is 0 Å². The molecule has 0 spiro atoms. The summed E-state index contributed by atoms with van der Waals surface area (Å²) in [6.45, 7) is 2.51. The Morgan fingerprint density at radius 3 is 1.15 bits per heavy atom. The van der Waals surface area contributed by atoms with Gasteiger partial charge in [0, 0.05) is 11.1 Å². The molecule has 0 aliphatic rings. The maximum absolute atomic E-state index is 10.4. The Labute approximate surface area is 116 Å². The molecule has 0 bridgehead atoms. The number of ether oxygens (including phenoxy) is 2. The third-order valence-corrected chi connectivity index (χ3v) is 2.19. The smallest absolute Gasteiger partial charge is 0.331 e. The molecule has 0 aromatic rings. The van der Waals surface area contributed by atoms with Crippen molar-refractivity contribution in [2.75, 3.05) is 14.2 Å². The number of carboxylic acid groups (broad SMARTS) is 2. The molecule has 114 valence electrons. The first kappa shape index (κ1) is 19.9. The van der Waals surface area contributed by atoms with Crippen molar-refractivity contribution in [3.8, 4) is 0 Å². The lowest BCUT2D eigenvalue weighted by atomic mass is 10.1. The van der Waals surface area contributed by atoms with Crippen LogP contribution in [0.1, 0.15) is 26.7 Å². The van der Waals surface area contributed by atoms with Gasteiger partial charge in [0.25, 0.3) is 0 Å². The maximum atomic E-state index is 10.4. The minimum absolute atomic E-state index is 0.0865. The summed E-state index contributed by atoms with van der Waals surface area (Å²) >= 11 is 0. The van der Waals surface area contributed by atoms with Crippen LogP contribution in [0.5, 0.6) is 0 Å². The molecule has 0 rings (SSSR count). The van der Waals surface area contributed by atoms with E-state index in [-0.39, 0.29) is 24.0 Å². The first-order valence-electron chi connectivity index (χ1n) is 5.45. The fourth-order valence-electron chi connectivity index (χ4n) is 0.729. The summed E-state index contributed by atoms with van der Waals surface area (Å²) < 4.78 is 8.60. The van der Waals surface area contributed by atoms with Crippen molar-refractivity contribution in [2.24, 2.45) is 0 Å². The van der Waals surface area contributed by atoms with Crippen molar-refractivity contribution in [3.63, 3.8) is 0 Å². The molecule has 20 heavy (non-hydrogen) atoms. The standard InChI is InChI=1S/C6H10O4.C6H8O4/c1-9-5(7)3-4-6(8)10-2;1-3(5(7)8)4(2)6(9)10/h3-4H2,1-2H3;1-2H3,(H,7,8)(H,9,10)/b;4-3+. The minimum Gasteiger partial charge on any atom is -0.478 e. The van der Waals surface area contributed by atoms with E-state index in [0.29, 0.717) is 0 Å². The lowest BCUT2D eigenvalue weighted by molar-refractivity contribution is -0.147. The number of rotatable bonds is 5. The molecule has 0 aliphatic heterocycles. The molecule has 0 radical (unpaired) electrons. The Hall–Kier alpha value is -2.38. The van der Waals surface area contributed by atoms with Crippen LogP contribution in [-0.4, -0.2) is 48.3 Å². The molecular weight excluding hydrogens is 272 g/mol. The largest absolute Gasteiger partial charge is 0.478 e. The van der Waals surface area contributed by atoms with E-state index in [9.17, 15) is 19.2 Å². The van der Waals surface area contributed by atoms with Gasteiger partial charge >= 0.3 is 23.9 Å². The molecule has 2 N–H and O–H groups in total. The van der Waals surface area contributed by atoms with Gasteiger partial charge in [-0.1, -0.05) is 0 Å². The number of carbonyl (C=O) groups excluding carboxylic acids is 2. The number of methoxy groups -OCH3 is 2. The Morgan fingerprint density at radius 1 is 0.750 bits per heavy atom. The summed E-state index contributed by atoms with van der Waals surface area (Å²) in [5.41, 5.74) is -0.264. The highest BCUT2D eigenvalue weighted by atomic mass is 16.5. The van der Waals surface area contributed by atoms with E-state index >= 15 is 0 Å². The van der Waals surface area contributed by atoms with Gasteiger partial charge in [-0.2, -0.15) is 0 Å². The van der Waals surface area contributed by atoms with Crippen molar-refractivity contribution >= 4 is 23.9 Å². The normalized spacial score (nSPS) is 10.4. The molecule has 0 atom stereocenters. The second-order valence-electron chi connectivity index (χ2n) is 3.51. The fourth-order valence-corrected chi connectivity index (χ4v) is 0.729. The predicted molar refractivity (Wildman–Crippen MR) is 66.9 cm³/mol. The zero-order valence-corrected chi connectivity index (χ0v) is 11.8. The zero-order chi connectivity index (χ0) is 16.3. The zero-order valence-electron chi connectivity index (χ0n) is 11.8. The Bertz CT molecular complexity index is 370. The van der Waals surface area contributed by atoms with Gasteiger partial charge in [-0.25, -0.2) is 9.59 Å². The van der Waals surface area contributed by atoms with Gasteiger partial charge in [0.2, 0.25) is 0 Å².